The van der Waals surface area contributed by atoms with Crippen LogP contribution in [-0.4, -0.2) is 41.5 Å². The number of thiocarbonyl (C=S) groups is 1. The summed E-state index contributed by atoms with van der Waals surface area (Å²) < 4.78 is 26.7. The zero-order valence-corrected chi connectivity index (χ0v) is 12.9. The molecule has 0 unspecified atom stereocenters. The molecule has 1 saturated heterocycles. The van der Waals surface area contributed by atoms with Gasteiger partial charge < -0.3 is 10.8 Å². The van der Waals surface area contributed by atoms with E-state index in [1.807, 2.05) is 0 Å². The zero-order chi connectivity index (χ0) is 15.0. The molecule has 0 atom stereocenters. The van der Waals surface area contributed by atoms with Crippen molar-refractivity contribution in [1.29, 1.82) is 0 Å². The molecule has 110 valence electrons. The second-order valence-corrected chi connectivity index (χ2v) is 7.61. The average molecular weight is 314 g/mol. The maximum absolute atomic E-state index is 12.7. The second kappa shape index (κ2) is 5.40. The molecular weight excluding hydrogens is 296 g/mol. The molecule has 1 fully saturated rings. The number of nitrogens with two attached hydrogens (primary N) is 1. The first-order valence-corrected chi connectivity index (χ1v) is 8.20. The number of rotatable bonds is 3. The number of nitrogens with zero attached hydrogens (tertiary/aromatic N) is 1. The normalized spacial score (nSPS) is 19.7. The molecule has 5 nitrogen and oxygen atoms in total. The summed E-state index contributed by atoms with van der Waals surface area (Å²) in [6, 6.07) is 6.47. The molecule has 0 saturated carbocycles. The van der Waals surface area contributed by atoms with E-state index in [-0.39, 0.29) is 9.88 Å². The quantitative estimate of drug-likeness (QED) is 0.808. The Kier molecular flexibility index (Phi) is 4.15. The van der Waals surface area contributed by atoms with Gasteiger partial charge in [0.1, 0.15) is 4.99 Å². The highest BCUT2D eigenvalue weighted by atomic mass is 32.2. The highest BCUT2D eigenvalue weighted by Gasteiger charge is 2.35. The van der Waals surface area contributed by atoms with Gasteiger partial charge in [-0.05, 0) is 25.8 Å². The maximum Gasteiger partial charge on any atom is 0.243 e. The van der Waals surface area contributed by atoms with Gasteiger partial charge in [0, 0.05) is 18.7 Å². The fourth-order valence-electron chi connectivity index (χ4n) is 2.24. The van der Waals surface area contributed by atoms with Gasteiger partial charge in [-0.3, -0.25) is 0 Å². The minimum absolute atomic E-state index is 0.0631. The predicted octanol–water partition coefficient (Wildman–Crippen LogP) is 0.856. The van der Waals surface area contributed by atoms with E-state index in [1.165, 1.54) is 10.4 Å². The van der Waals surface area contributed by atoms with Crippen molar-refractivity contribution in [3.05, 3.63) is 29.8 Å². The average Bonchev–Trinajstić information content (AvgIpc) is 2.38. The molecule has 1 aromatic carbocycles. The van der Waals surface area contributed by atoms with Crippen LogP contribution >= 0.6 is 12.2 Å². The first-order valence-electron chi connectivity index (χ1n) is 6.35. The van der Waals surface area contributed by atoms with Crippen LogP contribution in [0.5, 0.6) is 0 Å². The summed E-state index contributed by atoms with van der Waals surface area (Å²) >= 11 is 4.91. The minimum Gasteiger partial charge on any atom is -0.390 e. The van der Waals surface area contributed by atoms with Crippen LogP contribution in [0.1, 0.15) is 25.3 Å². The molecule has 0 bridgehead atoms. The molecule has 0 amide bonds. The highest BCUT2D eigenvalue weighted by molar-refractivity contribution is 7.89. The summed E-state index contributed by atoms with van der Waals surface area (Å²) in [5.41, 5.74) is 5.16. The number of hydrogen-bond acceptors (Lipinski definition) is 4. The number of piperidine rings is 1. The lowest BCUT2D eigenvalue weighted by atomic mass is 9.95. The van der Waals surface area contributed by atoms with Crippen molar-refractivity contribution in [2.24, 2.45) is 5.73 Å². The zero-order valence-electron chi connectivity index (χ0n) is 11.2. The Bertz CT molecular complexity index is 616. The lowest BCUT2D eigenvalue weighted by Crippen LogP contribution is -2.45. The van der Waals surface area contributed by atoms with Crippen molar-refractivity contribution in [1.82, 2.24) is 4.31 Å². The number of hydrogen-bond donors (Lipinski definition) is 2. The van der Waals surface area contributed by atoms with E-state index in [2.05, 4.69) is 0 Å². The van der Waals surface area contributed by atoms with Crippen LogP contribution in [-0.2, 0) is 10.0 Å². The van der Waals surface area contributed by atoms with Gasteiger partial charge in [-0.1, -0.05) is 30.4 Å². The van der Waals surface area contributed by atoms with Gasteiger partial charge in [0.15, 0.2) is 0 Å². The number of sulfonamides is 1. The molecule has 1 aromatic rings. The molecular formula is C13H18N2O3S2. The molecule has 0 spiro atoms. The van der Waals surface area contributed by atoms with Crippen molar-refractivity contribution in [2.75, 3.05) is 13.1 Å². The SMILES string of the molecule is CC1(O)CCN(S(=O)(=O)c2ccccc2C(N)=S)CC1. The monoisotopic (exact) mass is 314 g/mol. The Morgan fingerprint density at radius 1 is 1.35 bits per heavy atom. The molecule has 0 aromatic heterocycles. The lowest BCUT2D eigenvalue weighted by molar-refractivity contribution is 0.0126. The summed E-state index contributed by atoms with van der Waals surface area (Å²) in [6.45, 7) is 2.31. The van der Waals surface area contributed by atoms with Crippen molar-refractivity contribution in [3.8, 4) is 0 Å². The fourth-order valence-corrected chi connectivity index (χ4v) is 4.13. The van der Waals surface area contributed by atoms with Gasteiger partial charge in [-0.25, -0.2) is 8.42 Å². The van der Waals surface area contributed by atoms with E-state index in [0.717, 1.165) is 0 Å². The molecule has 1 heterocycles. The Balaban J connectivity index is 2.35. The molecule has 7 heteroatoms. The first-order chi connectivity index (χ1) is 9.24. The Morgan fingerprint density at radius 2 is 1.90 bits per heavy atom. The summed E-state index contributed by atoms with van der Waals surface area (Å²) in [4.78, 5) is 0.197. The molecule has 2 rings (SSSR count). The van der Waals surface area contributed by atoms with E-state index in [0.29, 0.717) is 31.5 Å². The van der Waals surface area contributed by atoms with Crippen LogP contribution in [0, 0.1) is 0 Å². The third-order valence-electron chi connectivity index (χ3n) is 3.57. The number of benzene rings is 1. The van der Waals surface area contributed by atoms with Crippen LogP contribution in [0.4, 0.5) is 0 Å². The fraction of sp³-hybridized carbons (Fsp3) is 0.462. The summed E-state index contributed by atoms with van der Waals surface area (Å²) in [6.07, 6.45) is 0.836. The van der Waals surface area contributed by atoms with E-state index < -0.39 is 15.6 Å². The van der Waals surface area contributed by atoms with E-state index in [1.54, 1.807) is 25.1 Å². The standard InChI is InChI=1S/C13H18N2O3S2/c1-13(16)6-8-15(9-7-13)20(17,18)11-5-3-2-4-10(11)12(14)19/h2-5,16H,6-9H2,1H3,(H2,14,19). The summed E-state index contributed by atoms with van der Waals surface area (Å²) in [5.74, 6) is 0. The Morgan fingerprint density at radius 3 is 2.45 bits per heavy atom. The highest BCUT2D eigenvalue weighted by Crippen LogP contribution is 2.27. The van der Waals surface area contributed by atoms with Crippen LogP contribution < -0.4 is 5.73 Å². The Hall–Kier alpha value is -1.02. The maximum atomic E-state index is 12.7. The van der Waals surface area contributed by atoms with Crippen LogP contribution in [0.3, 0.4) is 0 Å². The largest absolute Gasteiger partial charge is 0.390 e. The lowest BCUT2D eigenvalue weighted by Gasteiger charge is -2.35. The van der Waals surface area contributed by atoms with Gasteiger partial charge in [-0.15, -0.1) is 0 Å². The molecule has 1 aliphatic heterocycles. The van der Waals surface area contributed by atoms with Crippen LogP contribution in [0.25, 0.3) is 0 Å². The molecule has 20 heavy (non-hydrogen) atoms. The van der Waals surface area contributed by atoms with Gasteiger partial charge in [0.2, 0.25) is 10.0 Å². The topological polar surface area (TPSA) is 83.6 Å². The molecule has 3 N–H and O–H groups in total. The van der Waals surface area contributed by atoms with Crippen molar-refractivity contribution in [3.63, 3.8) is 0 Å². The van der Waals surface area contributed by atoms with E-state index >= 15 is 0 Å². The van der Waals surface area contributed by atoms with Crippen LogP contribution in [0.2, 0.25) is 0 Å². The third kappa shape index (κ3) is 3.01. The summed E-state index contributed by atoms with van der Waals surface area (Å²) in [7, 11) is -3.63. The van der Waals surface area contributed by atoms with Gasteiger partial charge in [0.25, 0.3) is 0 Å². The van der Waals surface area contributed by atoms with Crippen molar-refractivity contribution in [2.45, 2.75) is 30.3 Å². The van der Waals surface area contributed by atoms with E-state index in [4.69, 9.17) is 18.0 Å². The summed E-state index contributed by atoms with van der Waals surface area (Å²) in [5, 5.41) is 9.91. The molecule has 0 radical (unpaired) electrons. The second-order valence-electron chi connectivity index (χ2n) is 5.26. The smallest absolute Gasteiger partial charge is 0.243 e. The number of aliphatic hydroxyl groups is 1. The molecule has 0 aliphatic carbocycles. The first kappa shape index (κ1) is 15.4. The predicted molar refractivity (Wildman–Crippen MR) is 80.9 cm³/mol. The van der Waals surface area contributed by atoms with Crippen LogP contribution in [0.15, 0.2) is 29.2 Å². The van der Waals surface area contributed by atoms with Gasteiger partial charge in [0.05, 0.1) is 10.5 Å². The Labute approximate surface area is 124 Å². The minimum atomic E-state index is -3.63. The van der Waals surface area contributed by atoms with Crippen molar-refractivity contribution >= 4 is 27.2 Å². The molecule has 1 aliphatic rings. The third-order valence-corrected chi connectivity index (χ3v) is 5.75. The van der Waals surface area contributed by atoms with Crippen molar-refractivity contribution < 1.29 is 13.5 Å². The van der Waals surface area contributed by atoms with E-state index in [9.17, 15) is 13.5 Å². The van der Waals surface area contributed by atoms with Gasteiger partial charge in [-0.2, -0.15) is 4.31 Å². The van der Waals surface area contributed by atoms with Gasteiger partial charge >= 0.3 is 0 Å².